The number of aromatic nitrogens is 1. The van der Waals surface area contributed by atoms with Crippen molar-refractivity contribution in [1.82, 2.24) is 4.98 Å². The number of halogens is 4. The van der Waals surface area contributed by atoms with Crippen LogP contribution in [0, 0.1) is 5.82 Å². The van der Waals surface area contributed by atoms with E-state index in [1.165, 1.54) is 6.07 Å². The molecule has 0 atom stereocenters. The van der Waals surface area contributed by atoms with E-state index in [2.05, 4.69) is 10.3 Å². The zero-order valence-corrected chi connectivity index (χ0v) is 17.2. The van der Waals surface area contributed by atoms with Crippen molar-refractivity contribution in [2.75, 3.05) is 11.9 Å². The Morgan fingerprint density at radius 2 is 1.67 bits per heavy atom. The highest BCUT2D eigenvalue weighted by atomic mass is 19.4. The smallest absolute Gasteiger partial charge is 0.384 e. The Morgan fingerprint density at radius 1 is 0.967 bits per heavy atom. The summed E-state index contributed by atoms with van der Waals surface area (Å²) in [5.74, 6) is -0.357. The van der Waals surface area contributed by atoms with Crippen LogP contribution in [0.25, 0.3) is 10.9 Å². The first-order chi connectivity index (χ1) is 14.4. The molecule has 0 saturated heterocycles. The van der Waals surface area contributed by atoms with E-state index in [1.54, 1.807) is 6.07 Å². The minimum Gasteiger partial charge on any atom is -0.384 e. The fourth-order valence-corrected chi connectivity index (χ4v) is 3.46. The van der Waals surface area contributed by atoms with Gasteiger partial charge < -0.3 is 10.1 Å². The van der Waals surface area contributed by atoms with Crippen LogP contribution in [0.3, 0.4) is 0 Å². The first kappa shape index (κ1) is 24.1. The molecule has 166 valence electrons. The number of hydrogen-bond acceptors (Lipinski definition) is 3. The lowest BCUT2D eigenvalue weighted by atomic mass is 10.0. The number of unbranched alkanes of at least 4 members (excludes halogenated alkanes) is 7. The largest absolute Gasteiger partial charge is 0.389 e. The summed E-state index contributed by atoms with van der Waals surface area (Å²) in [5.41, 5.74) is 1.98. The third-order valence-electron chi connectivity index (χ3n) is 5.05. The van der Waals surface area contributed by atoms with Crippen LogP contribution in [0.4, 0.5) is 23.2 Å². The van der Waals surface area contributed by atoms with Gasteiger partial charge in [-0.3, -0.25) is 0 Å². The topological polar surface area (TPSA) is 42.0 Å². The number of benzene rings is 1. The molecule has 0 fully saturated rings. The molecule has 0 aliphatic carbocycles. The van der Waals surface area contributed by atoms with E-state index in [0.717, 1.165) is 61.6 Å². The van der Waals surface area contributed by atoms with Crippen LogP contribution < -0.4 is 5.32 Å². The number of alkyl halides is 3. The van der Waals surface area contributed by atoms with E-state index in [1.807, 2.05) is 12.1 Å². The van der Waals surface area contributed by atoms with Crippen molar-refractivity contribution in [3.63, 3.8) is 0 Å². The fourth-order valence-electron chi connectivity index (χ4n) is 3.46. The zero-order chi connectivity index (χ0) is 21.8. The van der Waals surface area contributed by atoms with E-state index in [0.29, 0.717) is 31.3 Å². The summed E-state index contributed by atoms with van der Waals surface area (Å²) < 4.78 is 50.5. The number of anilines is 1. The minimum atomic E-state index is -4.05. The Balaban J connectivity index is 1.81. The average molecular weight is 426 g/mol. The minimum absolute atomic E-state index is 0.207. The predicted molar refractivity (Wildman–Crippen MR) is 112 cm³/mol. The molecule has 0 spiro atoms. The molecule has 2 aromatic rings. The number of carbonyl (C=O) groups excluding carboxylic acids is 1. The molecule has 30 heavy (non-hydrogen) atoms. The lowest BCUT2D eigenvalue weighted by molar-refractivity contribution is -0.135. The number of aryl methyl sites for hydroxylation is 1. The lowest BCUT2D eigenvalue weighted by Gasteiger charge is -2.12. The molecule has 3 nitrogen and oxygen atoms in total. The molecule has 0 aliphatic rings. The molecule has 1 heterocycles. The Labute approximate surface area is 175 Å². The number of fused-ring (bicyclic) bond motifs is 1. The van der Waals surface area contributed by atoms with Crippen molar-refractivity contribution in [3.05, 3.63) is 35.8 Å². The molecule has 0 radical (unpaired) electrons. The maximum Gasteiger partial charge on any atom is 0.389 e. The van der Waals surface area contributed by atoms with Gasteiger partial charge in [-0.2, -0.15) is 13.2 Å². The SMILES string of the molecule is O=CCCCNc1cc(CCCCCCCCCC(F)(F)F)nc2c(F)cccc12. The number of nitrogens with one attached hydrogen (secondary N) is 1. The summed E-state index contributed by atoms with van der Waals surface area (Å²) >= 11 is 0. The van der Waals surface area contributed by atoms with Crippen LogP contribution in [0.2, 0.25) is 0 Å². The van der Waals surface area contributed by atoms with Crippen LogP contribution in [0.15, 0.2) is 24.3 Å². The summed E-state index contributed by atoms with van der Waals surface area (Å²) in [6, 6.07) is 6.83. The quantitative estimate of drug-likeness (QED) is 0.201. The van der Waals surface area contributed by atoms with E-state index in [-0.39, 0.29) is 12.2 Å². The van der Waals surface area contributed by atoms with Gasteiger partial charge in [0.05, 0.1) is 0 Å². The maximum absolute atomic E-state index is 14.2. The summed E-state index contributed by atoms with van der Waals surface area (Å²) in [7, 11) is 0. The number of nitrogens with zero attached hydrogens (tertiary/aromatic N) is 1. The molecule has 0 amide bonds. The molecule has 7 heteroatoms. The predicted octanol–water partition coefficient (Wildman–Crippen LogP) is 6.99. The molecule has 1 aromatic heterocycles. The molecule has 0 bridgehead atoms. The normalized spacial score (nSPS) is 11.7. The van der Waals surface area contributed by atoms with Gasteiger partial charge in [-0.15, -0.1) is 0 Å². The number of carbonyl (C=O) groups is 1. The number of hydrogen-bond donors (Lipinski definition) is 1. The molecule has 0 aliphatic heterocycles. The summed E-state index contributed by atoms with van der Waals surface area (Å²) in [4.78, 5) is 15.0. The number of pyridine rings is 1. The monoisotopic (exact) mass is 426 g/mol. The highest BCUT2D eigenvalue weighted by Gasteiger charge is 2.25. The van der Waals surface area contributed by atoms with Gasteiger partial charge in [-0.1, -0.05) is 44.2 Å². The second-order valence-corrected chi connectivity index (χ2v) is 7.62. The molecule has 1 aromatic carbocycles. The van der Waals surface area contributed by atoms with Crippen LogP contribution in [0.1, 0.15) is 69.9 Å². The van der Waals surface area contributed by atoms with Crippen LogP contribution >= 0.6 is 0 Å². The van der Waals surface area contributed by atoms with Crippen LogP contribution in [-0.2, 0) is 11.2 Å². The van der Waals surface area contributed by atoms with Crippen molar-refractivity contribution in [1.29, 1.82) is 0 Å². The first-order valence-corrected chi connectivity index (χ1v) is 10.7. The van der Waals surface area contributed by atoms with Gasteiger partial charge in [0.15, 0.2) is 0 Å². The second kappa shape index (κ2) is 12.5. The maximum atomic E-state index is 14.2. The van der Waals surface area contributed by atoms with Gasteiger partial charge in [0, 0.05) is 36.2 Å². The van der Waals surface area contributed by atoms with Crippen molar-refractivity contribution >= 4 is 22.9 Å². The van der Waals surface area contributed by atoms with E-state index >= 15 is 0 Å². The van der Waals surface area contributed by atoms with Gasteiger partial charge in [0.2, 0.25) is 0 Å². The molecular weight excluding hydrogens is 396 g/mol. The van der Waals surface area contributed by atoms with Crippen molar-refractivity contribution in [2.45, 2.75) is 76.8 Å². The Hall–Kier alpha value is -2.18. The van der Waals surface area contributed by atoms with Crippen LogP contribution in [-0.4, -0.2) is 24.0 Å². The number of rotatable bonds is 14. The number of aldehydes is 1. The van der Waals surface area contributed by atoms with E-state index < -0.39 is 12.6 Å². The van der Waals surface area contributed by atoms with Crippen molar-refractivity contribution < 1.29 is 22.4 Å². The van der Waals surface area contributed by atoms with E-state index in [4.69, 9.17) is 0 Å². The standard InChI is InChI=1S/C23H30F4N2O/c24-20-13-10-12-19-21(28-15-8-9-16-30)17-18(29-22(19)20)11-6-4-2-1-3-5-7-14-23(25,26)27/h10,12-13,16-17H,1-9,11,14-15H2,(H,28,29). The number of para-hydroxylation sites is 1. The van der Waals surface area contributed by atoms with Crippen molar-refractivity contribution in [2.24, 2.45) is 0 Å². The summed E-state index contributed by atoms with van der Waals surface area (Å²) in [6.07, 6.45) is 3.48. The van der Waals surface area contributed by atoms with Gasteiger partial charge in [-0.05, 0) is 37.8 Å². The van der Waals surface area contributed by atoms with Gasteiger partial charge in [-0.25, -0.2) is 9.37 Å². The molecular formula is C23H30F4N2O. The first-order valence-electron chi connectivity index (χ1n) is 10.7. The Bertz CT molecular complexity index is 793. The third-order valence-corrected chi connectivity index (χ3v) is 5.05. The highest BCUT2D eigenvalue weighted by molar-refractivity contribution is 5.91. The van der Waals surface area contributed by atoms with Gasteiger partial charge in [0.25, 0.3) is 0 Å². The lowest BCUT2D eigenvalue weighted by Crippen LogP contribution is -2.06. The van der Waals surface area contributed by atoms with Gasteiger partial charge >= 0.3 is 6.18 Å². The second-order valence-electron chi connectivity index (χ2n) is 7.62. The van der Waals surface area contributed by atoms with Crippen LogP contribution in [0.5, 0.6) is 0 Å². The Kier molecular flexibility index (Phi) is 10.0. The zero-order valence-electron chi connectivity index (χ0n) is 17.2. The van der Waals surface area contributed by atoms with E-state index in [9.17, 15) is 22.4 Å². The third kappa shape index (κ3) is 8.67. The summed E-state index contributed by atoms with van der Waals surface area (Å²) in [5, 5.41) is 4.01. The molecule has 0 unspecified atom stereocenters. The molecule has 2 rings (SSSR count). The van der Waals surface area contributed by atoms with Gasteiger partial charge in [0.1, 0.15) is 17.6 Å². The Morgan fingerprint density at radius 3 is 2.37 bits per heavy atom. The fraction of sp³-hybridized carbons (Fsp3) is 0.565. The highest BCUT2D eigenvalue weighted by Crippen LogP contribution is 2.26. The summed E-state index contributed by atoms with van der Waals surface area (Å²) in [6.45, 7) is 0.627. The van der Waals surface area contributed by atoms with Crippen molar-refractivity contribution in [3.8, 4) is 0 Å². The molecule has 1 N–H and O–H groups in total. The molecule has 0 saturated carbocycles. The average Bonchev–Trinajstić information content (AvgIpc) is 2.70.